The molecule has 0 N–H and O–H groups in total. The van der Waals surface area contributed by atoms with Gasteiger partial charge in [0.15, 0.2) is 0 Å². The number of hydrogen-bond donors (Lipinski definition) is 0. The zero-order valence-electron chi connectivity index (χ0n) is 30.7. The largest absolute Gasteiger partial charge is 0.455 e. The molecule has 6 aromatic carbocycles. The summed E-state index contributed by atoms with van der Waals surface area (Å²) in [5.74, 6) is 2.61. The second-order valence-corrected chi connectivity index (χ2v) is 19.8. The summed E-state index contributed by atoms with van der Waals surface area (Å²) in [5, 5.41) is 2.23. The SMILES string of the molecule is CC(C)c1cc(-c2ccc(-c3ccc(CS(C)(C)C)cc3)cc2)cc(C(C)C)c1-n1c(-c2cccc3c2oc2ccccc23)nc2ccccc21. The van der Waals surface area contributed by atoms with Crippen molar-refractivity contribution in [2.45, 2.75) is 45.3 Å². The third-order valence-electron chi connectivity index (χ3n) is 9.95. The molecule has 0 saturated heterocycles. The van der Waals surface area contributed by atoms with Gasteiger partial charge in [-0.2, -0.15) is 0 Å². The van der Waals surface area contributed by atoms with Gasteiger partial charge in [-0.3, -0.25) is 4.57 Å². The molecule has 0 radical (unpaired) electrons. The normalized spacial score (nSPS) is 12.6. The molecule has 0 saturated carbocycles. The lowest BCUT2D eigenvalue weighted by atomic mass is 9.87. The topological polar surface area (TPSA) is 31.0 Å². The Hall–Kier alpha value is -5.06. The summed E-state index contributed by atoms with van der Waals surface area (Å²) in [7, 11) is -0.579. The highest BCUT2D eigenvalue weighted by Crippen LogP contribution is 2.43. The number of hydrogen-bond acceptors (Lipinski definition) is 2. The first-order valence-electron chi connectivity index (χ1n) is 18.0. The van der Waals surface area contributed by atoms with Crippen molar-refractivity contribution in [2.24, 2.45) is 0 Å². The second-order valence-electron chi connectivity index (χ2n) is 15.4. The molecule has 0 aliphatic rings. The third kappa shape index (κ3) is 6.16. The van der Waals surface area contributed by atoms with Gasteiger partial charge in [0, 0.05) is 16.5 Å². The predicted molar refractivity (Wildman–Crippen MR) is 222 cm³/mol. The molecule has 0 aliphatic heterocycles. The van der Waals surface area contributed by atoms with E-state index in [1.54, 1.807) is 0 Å². The van der Waals surface area contributed by atoms with Crippen LogP contribution in [0.2, 0.25) is 0 Å². The van der Waals surface area contributed by atoms with Crippen molar-refractivity contribution < 1.29 is 4.42 Å². The molecule has 8 rings (SSSR count). The number of aromatic nitrogens is 2. The Morgan fingerprint density at radius 2 is 1.18 bits per heavy atom. The maximum absolute atomic E-state index is 6.57. The Kier molecular flexibility index (Phi) is 8.39. The molecule has 0 aliphatic carbocycles. The average Bonchev–Trinajstić information content (AvgIpc) is 3.69. The molecule has 0 unspecified atom stereocenters. The van der Waals surface area contributed by atoms with Crippen LogP contribution in [0.1, 0.15) is 56.2 Å². The lowest BCUT2D eigenvalue weighted by Crippen LogP contribution is -2.09. The van der Waals surface area contributed by atoms with E-state index in [1.165, 1.54) is 44.6 Å². The summed E-state index contributed by atoms with van der Waals surface area (Å²) in [5.41, 5.74) is 15.0. The summed E-state index contributed by atoms with van der Waals surface area (Å²) in [6.07, 6.45) is 7.13. The van der Waals surface area contributed by atoms with Gasteiger partial charge in [0.25, 0.3) is 0 Å². The molecule has 0 amide bonds. The summed E-state index contributed by atoms with van der Waals surface area (Å²) < 4.78 is 8.97. The summed E-state index contributed by atoms with van der Waals surface area (Å²) >= 11 is 0. The Labute approximate surface area is 303 Å². The van der Waals surface area contributed by atoms with Gasteiger partial charge < -0.3 is 4.42 Å². The van der Waals surface area contributed by atoms with Crippen LogP contribution < -0.4 is 0 Å². The summed E-state index contributed by atoms with van der Waals surface area (Å²) in [6.45, 7) is 9.22. The molecule has 2 heterocycles. The van der Waals surface area contributed by atoms with Crippen LogP contribution in [0.3, 0.4) is 0 Å². The van der Waals surface area contributed by atoms with Gasteiger partial charge >= 0.3 is 0 Å². The fourth-order valence-electron chi connectivity index (χ4n) is 7.49. The number of imidazole rings is 1. The van der Waals surface area contributed by atoms with E-state index >= 15 is 0 Å². The molecule has 0 fully saturated rings. The van der Waals surface area contributed by atoms with E-state index in [1.807, 2.05) is 12.1 Å². The van der Waals surface area contributed by atoms with E-state index < -0.39 is 10.0 Å². The zero-order valence-corrected chi connectivity index (χ0v) is 31.5. The van der Waals surface area contributed by atoms with Crippen molar-refractivity contribution in [2.75, 3.05) is 18.8 Å². The van der Waals surface area contributed by atoms with E-state index in [2.05, 4.69) is 166 Å². The predicted octanol–water partition coefficient (Wildman–Crippen LogP) is 13.4. The molecule has 8 aromatic rings. The molecular formula is C47H46N2OS. The average molecular weight is 687 g/mol. The molecule has 0 bridgehead atoms. The first-order valence-corrected chi connectivity index (χ1v) is 21.0. The van der Waals surface area contributed by atoms with Crippen molar-refractivity contribution >= 4 is 43.0 Å². The van der Waals surface area contributed by atoms with E-state index in [0.717, 1.165) is 50.1 Å². The van der Waals surface area contributed by atoms with Crippen LogP contribution in [0.25, 0.3) is 72.3 Å². The molecule has 4 heteroatoms. The fourth-order valence-corrected chi connectivity index (χ4v) is 8.68. The second kappa shape index (κ2) is 12.9. The maximum Gasteiger partial charge on any atom is 0.149 e. The molecule has 51 heavy (non-hydrogen) atoms. The van der Waals surface area contributed by atoms with Gasteiger partial charge in [-0.1, -0.05) is 119 Å². The van der Waals surface area contributed by atoms with Gasteiger partial charge in [0.05, 0.1) is 22.3 Å². The van der Waals surface area contributed by atoms with Gasteiger partial charge in [0.2, 0.25) is 0 Å². The molecule has 0 atom stereocenters. The van der Waals surface area contributed by atoms with Crippen LogP contribution in [0.4, 0.5) is 0 Å². The minimum Gasteiger partial charge on any atom is -0.455 e. The minimum atomic E-state index is -0.579. The number of furan rings is 1. The Bertz CT molecular complexity index is 2500. The van der Waals surface area contributed by atoms with Crippen molar-refractivity contribution in [1.82, 2.24) is 9.55 Å². The lowest BCUT2D eigenvalue weighted by Gasteiger charge is -2.25. The Morgan fingerprint density at radius 1 is 0.608 bits per heavy atom. The van der Waals surface area contributed by atoms with E-state index in [9.17, 15) is 0 Å². The number of benzene rings is 6. The summed E-state index contributed by atoms with van der Waals surface area (Å²) in [4.78, 5) is 5.33. The first-order chi connectivity index (χ1) is 24.6. The molecule has 0 spiro atoms. The van der Waals surface area contributed by atoms with Crippen LogP contribution in [0.15, 0.2) is 132 Å². The monoisotopic (exact) mass is 686 g/mol. The molecule has 256 valence electrons. The Balaban J connectivity index is 1.28. The van der Waals surface area contributed by atoms with Gasteiger partial charge in [0.1, 0.15) is 17.0 Å². The van der Waals surface area contributed by atoms with Crippen LogP contribution in [0, 0.1) is 0 Å². The van der Waals surface area contributed by atoms with Crippen molar-refractivity contribution in [3.05, 3.63) is 144 Å². The van der Waals surface area contributed by atoms with Crippen molar-refractivity contribution in [3.63, 3.8) is 0 Å². The van der Waals surface area contributed by atoms with Crippen molar-refractivity contribution in [1.29, 1.82) is 0 Å². The number of nitrogens with zero attached hydrogens (tertiary/aromatic N) is 2. The maximum atomic E-state index is 6.57. The zero-order chi connectivity index (χ0) is 35.4. The number of para-hydroxylation sites is 4. The number of rotatable bonds is 8. The quantitative estimate of drug-likeness (QED) is 0.159. The van der Waals surface area contributed by atoms with Crippen LogP contribution in [-0.4, -0.2) is 28.3 Å². The smallest absolute Gasteiger partial charge is 0.149 e. The van der Waals surface area contributed by atoms with Gasteiger partial charge in [-0.25, -0.2) is 15.0 Å². The fraction of sp³-hybridized carbons (Fsp3) is 0.213. The van der Waals surface area contributed by atoms with E-state index in [0.29, 0.717) is 0 Å². The van der Waals surface area contributed by atoms with Gasteiger partial charge in [-0.05, 0) is 106 Å². The van der Waals surface area contributed by atoms with Crippen LogP contribution in [0.5, 0.6) is 0 Å². The summed E-state index contributed by atoms with van der Waals surface area (Å²) in [6, 6.07) is 46.3. The minimum absolute atomic E-state index is 0.279. The molecule has 2 aromatic heterocycles. The van der Waals surface area contributed by atoms with Gasteiger partial charge in [-0.15, -0.1) is 0 Å². The highest BCUT2D eigenvalue weighted by atomic mass is 32.3. The first kappa shape index (κ1) is 33.1. The lowest BCUT2D eigenvalue weighted by molar-refractivity contribution is 0.669. The highest BCUT2D eigenvalue weighted by Gasteiger charge is 2.25. The Morgan fingerprint density at radius 3 is 1.82 bits per heavy atom. The number of fused-ring (bicyclic) bond motifs is 4. The van der Waals surface area contributed by atoms with Crippen LogP contribution in [-0.2, 0) is 5.75 Å². The van der Waals surface area contributed by atoms with E-state index in [4.69, 9.17) is 9.40 Å². The molecule has 3 nitrogen and oxygen atoms in total. The standard InChI is InChI=1S/C47H46N2OS/c1-30(2)40-27-36(35-25-23-34(24-26-35)33-21-19-32(20-22-33)29-51(5,6)7)28-41(31(3)4)45(40)49-43-17-10-9-16-42(43)48-47(49)39-15-12-14-38-37-13-8-11-18-44(37)50-46(38)39/h8-28,30-31H,29H2,1-7H3. The van der Waals surface area contributed by atoms with E-state index in [-0.39, 0.29) is 11.8 Å². The highest BCUT2D eigenvalue weighted by molar-refractivity contribution is 8.31. The third-order valence-corrected chi connectivity index (χ3v) is 11.1. The molecular weight excluding hydrogens is 641 g/mol. The van der Waals surface area contributed by atoms with Crippen molar-refractivity contribution in [3.8, 4) is 39.3 Å². The van der Waals surface area contributed by atoms with Crippen LogP contribution >= 0.6 is 10.0 Å².